The average Bonchev–Trinajstić information content (AvgIpc) is 3.18. The van der Waals surface area contributed by atoms with E-state index in [1.165, 1.54) is 0 Å². The Labute approximate surface area is 410 Å². The Morgan fingerprint density at radius 2 is 1.01 bits per heavy atom. The number of aliphatic carboxylic acids is 2. The van der Waals surface area contributed by atoms with Gasteiger partial charge in [-0.05, 0) is 95.8 Å². The van der Waals surface area contributed by atoms with Crippen molar-refractivity contribution in [2.45, 2.75) is 125 Å². The number of rotatable bonds is 18. The molecular weight excluding hydrogens is 897 g/mol. The number of carboxylic acids is 2. The van der Waals surface area contributed by atoms with Crippen molar-refractivity contribution in [3.05, 3.63) is 80.5 Å². The topological polar surface area (TPSA) is 397 Å². The minimum Gasteiger partial charge on any atom is -0.565 e. The monoisotopic (exact) mass is 959 g/mol. The van der Waals surface area contributed by atoms with Crippen LogP contribution in [0.15, 0.2) is 58.8 Å². The zero-order valence-electron chi connectivity index (χ0n) is 38.3. The summed E-state index contributed by atoms with van der Waals surface area (Å²) in [6, 6.07) is 12.5. The van der Waals surface area contributed by atoms with E-state index in [1.807, 2.05) is 0 Å². The van der Waals surface area contributed by atoms with Crippen molar-refractivity contribution in [2.24, 2.45) is 21.9 Å². The molecule has 2 rings (SSSR count). The van der Waals surface area contributed by atoms with E-state index in [1.54, 1.807) is 97.0 Å². The summed E-state index contributed by atoms with van der Waals surface area (Å²) >= 11 is 0. The summed E-state index contributed by atoms with van der Waals surface area (Å²) in [5.74, 6) is -2.19. The summed E-state index contributed by atoms with van der Waals surface area (Å²) in [6.07, 6.45) is -1.66. The first-order valence-corrected chi connectivity index (χ1v) is 19.6. The molecule has 0 unspecified atom stereocenters. The van der Waals surface area contributed by atoms with Crippen molar-refractivity contribution in [1.29, 1.82) is 0 Å². The van der Waals surface area contributed by atoms with Gasteiger partial charge in [0.1, 0.15) is 30.5 Å². The number of hydrogen-bond donors (Lipinski definition) is 6. The van der Waals surface area contributed by atoms with Gasteiger partial charge in [-0.25, -0.2) is 19.2 Å². The molecule has 0 aliphatic rings. The van der Waals surface area contributed by atoms with Gasteiger partial charge in [0.2, 0.25) is 6.16 Å². The molecule has 2 atom stereocenters. The van der Waals surface area contributed by atoms with Crippen molar-refractivity contribution < 1.29 is 107 Å². The van der Waals surface area contributed by atoms with Crippen molar-refractivity contribution in [1.82, 2.24) is 10.6 Å². The minimum atomic E-state index is -2.08. The molecular formula is C41H62N9NaO16. The maximum absolute atomic E-state index is 11.5. The van der Waals surface area contributed by atoms with Crippen LogP contribution in [0.3, 0.4) is 0 Å². The van der Waals surface area contributed by atoms with E-state index in [0.717, 1.165) is 17.5 Å². The molecule has 0 saturated heterocycles. The molecule has 2 aromatic carbocycles. The van der Waals surface area contributed by atoms with Crippen molar-refractivity contribution in [3.63, 3.8) is 0 Å². The Kier molecular flexibility index (Phi) is 37.8. The molecule has 0 spiro atoms. The number of nitrogens with one attached hydrogen (secondary N) is 2. The van der Waals surface area contributed by atoms with E-state index in [0.29, 0.717) is 56.6 Å². The second-order valence-corrected chi connectivity index (χ2v) is 15.2. The van der Waals surface area contributed by atoms with Crippen molar-refractivity contribution in [2.75, 3.05) is 13.1 Å². The zero-order chi connectivity index (χ0) is 50.0. The number of nitrogens with zero attached hydrogens (tertiary/aromatic N) is 6. The number of amides is 2. The van der Waals surface area contributed by atoms with E-state index in [2.05, 4.69) is 35.4 Å². The van der Waals surface area contributed by atoms with E-state index in [9.17, 15) is 28.8 Å². The van der Waals surface area contributed by atoms with Gasteiger partial charge < -0.3 is 65.3 Å². The average molecular weight is 960 g/mol. The molecule has 0 aromatic heterocycles. The number of benzene rings is 2. The quantitative estimate of drug-likeness (QED) is 0.0155. The standard InChI is InChI=1S/C15H20N4O4.C14H19N5O4.C10H18O5.CH2O3.CH4.Na/c1-11(14(20)21)4-2-3-9-17-15(22)23-10-12-5-7-13(8-6-12)18-19-16;15-12(13(20)21)3-1-2-8-17-14(22)23-9-10-4-6-11(7-5-10)18-19-16;1-9(2,3)14-7(11)13-8(12)15-10(4,5)6;2-1(3)4;;/h5-8,11H,2-4,9-10H2,1H3,(H,17,22)(H,20,21);4-7,12H,1-3,8-9,15H2,(H,17,22)(H,20,21);1-6H3;(H2,2,3,4);1H4;/q;;;;;+1/p-1/t11-;12-;;;;/m00..../s1. The second kappa shape index (κ2) is 37.7. The molecule has 368 valence electrons. The maximum Gasteiger partial charge on any atom is 1.00 e. The van der Waals surface area contributed by atoms with Crippen LogP contribution in [0.1, 0.15) is 106 Å². The number of ether oxygens (including phenoxy) is 5. The molecule has 25 nitrogen and oxygen atoms in total. The van der Waals surface area contributed by atoms with E-state index in [4.69, 9.17) is 61.0 Å². The number of azide groups is 2. The number of hydrogen-bond acceptors (Lipinski definition) is 16. The Balaban J connectivity index is -0.000000429. The van der Waals surface area contributed by atoms with Gasteiger partial charge in [-0.3, -0.25) is 9.59 Å². The zero-order valence-corrected chi connectivity index (χ0v) is 40.3. The number of carboxylic acid groups (broad SMARTS) is 4. The second-order valence-electron chi connectivity index (χ2n) is 15.2. The molecule has 0 fully saturated rings. The van der Waals surface area contributed by atoms with Crippen LogP contribution in [0.25, 0.3) is 20.9 Å². The summed E-state index contributed by atoms with van der Waals surface area (Å²) in [5.41, 5.74) is 23.1. The first-order valence-electron chi connectivity index (χ1n) is 19.6. The van der Waals surface area contributed by atoms with Gasteiger partial charge in [-0.15, -0.1) is 0 Å². The molecule has 7 N–H and O–H groups in total. The number of carbonyl (C=O) groups excluding carboxylic acids is 4. The molecule has 0 bridgehead atoms. The van der Waals surface area contributed by atoms with Crippen LogP contribution < -0.4 is 51.0 Å². The van der Waals surface area contributed by atoms with Crippen LogP contribution >= 0.6 is 0 Å². The molecule has 67 heavy (non-hydrogen) atoms. The van der Waals surface area contributed by atoms with Crippen LogP contribution in [0.4, 0.5) is 35.3 Å². The van der Waals surface area contributed by atoms with E-state index >= 15 is 0 Å². The predicted octanol–water partition coefficient (Wildman–Crippen LogP) is 5.58. The van der Waals surface area contributed by atoms with E-state index in [-0.39, 0.29) is 56.1 Å². The minimum absolute atomic E-state index is 0. The first kappa shape index (κ1) is 67.1. The van der Waals surface area contributed by atoms with Crippen LogP contribution in [-0.4, -0.2) is 88.2 Å². The molecule has 2 aromatic rings. The Morgan fingerprint density at radius 3 is 1.31 bits per heavy atom. The van der Waals surface area contributed by atoms with Crippen molar-refractivity contribution in [3.8, 4) is 0 Å². The van der Waals surface area contributed by atoms with E-state index < -0.39 is 59.8 Å². The Morgan fingerprint density at radius 1 is 0.672 bits per heavy atom. The van der Waals surface area contributed by atoms with Gasteiger partial charge in [0.15, 0.2) is 0 Å². The molecule has 0 aliphatic heterocycles. The predicted molar refractivity (Wildman–Crippen MR) is 235 cm³/mol. The third kappa shape index (κ3) is 43.2. The smallest absolute Gasteiger partial charge is 0.565 e. The fourth-order valence-corrected chi connectivity index (χ4v) is 4.12. The van der Waals surface area contributed by atoms with Gasteiger partial charge in [0.25, 0.3) is 0 Å². The molecule has 26 heteroatoms. The third-order valence-corrected chi connectivity index (χ3v) is 7.16. The van der Waals surface area contributed by atoms with Crippen molar-refractivity contribution >= 4 is 54.0 Å². The first-order chi connectivity index (χ1) is 30.3. The summed E-state index contributed by atoms with van der Waals surface area (Å²) in [7, 11) is 0. The number of carbonyl (C=O) groups is 7. The molecule has 2 amide bonds. The largest absolute Gasteiger partial charge is 1.00 e. The van der Waals surface area contributed by atoms with Crippen LogP contribution in [-0.2, 0) is 46.5 Å². The number of unbranched alkanes of at least 4 members (excludes halogenated alkanes) is 2. The third-order valence-electron chi connectivity index (χ3n) is 7.16. The summed E-state index contributed by atoms with van der Waals surface area (Å²) < 4.78 is 23.9. The summed E-state index contributed by atoms with van der Waals surface area (Å²) in [5, 5.41) is 44.7. The summed E-state index contributed by atoms with van der Waals surface area (Å²) in [6.45, 7) is 12.7. The summed E-state index contributed by atoms with van der Waals surface area (Å²) in [4.78, 5) is 79.9. The van der Waals surface area contributed by atoms with Gasteiger partial charge in [0.05, 0.1) is 5.92 Å². The Bertz CT molecular complexity index is 1760. The van der Waals surface area contributed by atoms with Gasteiger partial charge in [-0.1, -0.05) is 79.5 Å². The molecule has 0 radical (unpaired) electrons. The normalized spacial score (nSPS) is 10.7. The molecule has 0 aliphatic carbocycles. The molecule has 0 saturated carbocycles. The SMILES string of the molecule is C.CC(C)(C)OC(=O)OC(=O)OC(C)(C)C.C[C@@H](CCCCNC(=O)OCc1ccc(N=[N+]=[N-])cc1)C(=O)O.O=C([O-])O.[N-]=[N+]=Nc1ccc(COC(=O)NCCCC[C@H](N)C(=O)O)cc1.[Na+]. The number of nitrogens with two attached hydrogens (primary N) is 1. The number of alkyl carbamates (subject to hydrolysis) is 2. The van der Waals surface area contributed by atoms with Crippen LogP contribution in [0, 0.1) is 5.92 Å². The van der Waals surface area contributed by atoms with Crippen LogP contribution in [0.2, 0.25) is 0 Å². The van der Waals surface area contributed by atoms with Gasteiger partial charge >= 0.3 is 66.0 Å². The molecule has 0 heterocycles. The maximum atomic E-state index is 11.5. The van der Waals surface area contributed by atoms with Gasteiger partial charge in [0, 0.05) is 34.3 Å². The fourth-order valence-electron chi connectivity index (χ4n) is 4.12. The fraction of sp³-hybridized carbons (Fsp3) is 0.537. The van der Waals surface area contributed by atoms with Gasteiger partial charge in [-0.2, -0.15) is 0 Å². The Hall–Kier alpha value is -6.49. The van der Waals surface area contributed by atoms with Crippen LogP contribution in [0.5, 0.6) is 0 Å².